The Balaban J connectivity index is 1.20. The third kappa shape index (κ3) is 4.68. The SMILES string of the molecule is [2H]C([2H])([2H])c1cccc(C([2H])([2H])[2H])c1-c1ccnc(-c2ccc3c4ccccc4n(-c4cccc(-c5ncc6oc7cc(C(C)(C)C)ccc7n56)c4)c3c2)c1. The van der Waals surface area contributed by atoms with Crippen LogP contribution in [0.4, 0.5) is 0 Å². The molecule has 0 spiro atoms. The van der Waals surface area contributed by atoms with Crippen molar-refractivity contribution in [1.29, 1.82) is 0 Å². The van der Waals surface area contributed by atoms with E-state index in [2.05, 4.69) is 95.4 Å². The van der Waals surface area contributed by atoms with Crippen LogP contribution in [0.2, 0.25) is 0 Å². The maximum atomic E-state index is 8.21. The number of oxazole rings is 1. The monoisotopic (exact) mass is 642 g/mol. The van der Waals surface area contributed by atoms with Crippen LogP contribution < -0.4 is 0 Å². The molecule has 5 heteroatoms. The highest BCUT2D eigenvalue weighted by Gasteiger charge is 2.20. The molecule has 0 atom stereocenters. The number of rotatable bonds is 4. The molecule has 0 radical (unpaired) electrons. The minimum absolute atomic E-state index is 0.0124. The first-order chi connectivity index (χ1) is 26.2. The lowest BCUT2D eigenvalue weighted by Crippen LogP contribution is -2.10. The second-order valence-corrected chi connectivity index (χ2v) is 13.6. The van der Waals surface area contributed by atoms with E-state index in [1.807, 2.05) is 24.3 Å². The molecule has 0 saturated heterocycles. The molecule has 0 N–H and O–H groups in total. The van der Waals surface area contributed by atoms with Crippen LogP contribution in [-0.4, -0.2) is 18.9 Å². The molecule has 0 aliphatic heterocycles. The van der Waals surface area contributed by atoms with Gasteiger partial charge in [0.15, 0.2) is 5.58 Å². The van der Waals surface area contributed by atoms with E-state index in [4.69, 9.17) is 17.6 Å². The first-order valence-corrected chi connectivity index (χ1v) is 16.3. The summed E-state index contributed by atoms with van der Waals surface area (Å²) in [6.07, 6.45) is 3.37. The van der Waals surface area contributed by atoms with E-state index < -0.39 is 13.7 Å². The summed E-state index contributed by atoms with van der Waals surface area (Å²) in [5, 5.41) is 2.14. The lowest BCUT2D eigenvalue weighted by atomic mass is 9.87. The third-order valence-electron chi connectivity index (χ3n) is 9.46. The normalized spacial score (nSPS) is 14.5. The minimum atomic E-state index is -2.52. The summed E-state index contributed by atoms with van der Waals surface area (Å²) < 4.78 is 59.8. The molecule has 49 heavy (non-hydrogen) atoms. The smallest absolute Gasteiger partial charge is 0.225 e. The Hall–Kier alpha value is -5.94. The zero-order chi connectivity index (χ0) is 38.4. The summed E-state index contributed by atoms with van der Waals surface area (Å²) in [6, 6.07) is 37.0. The summed E-state index contributed by atoms with van der Waals surface area (Å²) in [4.78, 5) is 9.49. The summed E-state index contributed by atoms with van der Waals surface area (Å²) in [6.45, 7) is 1.53. The number of aryl methyl sites for hydroxylation is 2. The zero-order valence-corrected chi connectivity index (χ0v) is 27.3. The molecule has 0 saturated carbocycles. The van der Waals surface area contributed by atoms with Crippen molar-refractivity contribution in [1.82, 2.24) is 18.9 Å². The van der Waals surface area contributed by atoms with Gasteiger partial charge < -0.3 is 8.98 Å². The first kappa shape index (κ1) is 23.4. The Morgan fingerprint density at radius 1 is 0.653 bits per heavy atom. The molecular formula is C44H36N4O. The number of hydrogen-bond donors (Lipinski definition) is 0. The van der Waals surface area contributed by atoms with Gasteiger partial charge in [0, 0.05) is 42.0 Å². The van der Waals surface area contributed by atoms with Crippen molar-refractivity contribution in [2.75, 3.05) is 0 Å². The van der Waals surface area contributed by atoms with E-state index in [1.54, 1.807) is 24.5 Å². The third-order valence-corrected chi connectivity index (χ3v) is 9.46. The summed E-state index contributed by atoms with van der Waals surface area (Å²) in [7, 11) is 0. The van der Waals surface area contributed by atoms with Gasteiger partial charge in [-0.05, 0) is 95.5 Å². The molecule has 0 amide bonds. The van der Waals surface area contributed by atoms with Crippen LogP contribution in [0.5, 0.6) is 0 Å². The molecule has 4 heterocycles. The average Bonchev–Trinajstić information content (AvgIpc) is 3.83. The molecule has 9 rings (SSSR count). The lowest BCUT2D eigenvalue weighted by Gasteiger charge is -2.18. The van der Waals surface area contributed by atoms with Crippen LogP contribution >= 0.6 is 0 Å². The number of pyridine rings is 1. The fourth-order valence-corrected chi connectivity index (χ4v) is 7.00. The van der Waals surface area contributed by atoms with Crippen LogP contribution in [0, 0.1) is 13.7 Å². The quantitative estimate of drug-likeness (QED) is 0.192. The highest BCUT2D eigenvalue weighted by molar-refractivity contribution is 6.10. The largest absolute Gasteiger partial charge is 0.437 e. The number of fused-ring (bicyclic) bond motifs is 6. The number of aromatic nitrogens is 4. The lowest BCUT2D eigenvalue weighted by molar-refractivity contribution is 0.587. The predicted octanol–water partition coefficient (Wildman–Crippen LogP) is 11.5. The zero-order valence-electron chi connectivity index (χ0n) is 33.3. The Morgan fingerprint density at radius 2 is 1.47 bits per heavy atom. The van der Waals surface area contributed by atoms with E-state index in [-0.39, 0.29) is 22.1 Å². The standard InChI is InChI=1S/C44H36N4O/c1-27-10-8-11-28(2)42(27)30-20-21-45-36(23-30)29-16-18-35-34-14-6-7-15-37(34)47(39(35)24-29)33-13-9-12-31(22-33)43-46-26-41-48(43)38-19-17-32(44(3,4)5)25-40(38)49-41/h6-26H,1-5H3/i1D3,2D3. The van der Waals surface area contributed by atoms with Gasteiger partial charge in [0.1, 0.15) is 5.82 Å². The van der Waals surface area contributed by atoms with Crippen molar-refractivity contribution < 1.29 is 12.6 Å². The first-order valence-electron chi connectivity index (χ1n) is 19.3. The Bertz CT molecular complexity index is 2930. The molecule has 0 aliphatic carbocycles. The molecule has 0 unspecified atom stereocenters. The molecule has 0 aliphatic rings. The highest BCUT2D eigenvalue weighted by Crippen LogP contribution is 2.37. The Labute approximate surface area is 293 Å². The van der Waals surface area contributed by atoms with Gasteiger partial charge in [0.05, 0.1) is 28.4 Å². The summed E-state index contributed by atoms with van der Waals surface area (Å²) >= 11 is 0. The number of benzene rings is 5. The van der Waals surface area contributed by atoms with Crippen molar-refractivity contribution in [2.24, 2.45) is 0 Å². The van der Waals surface area contributed by atoms with Gasteiger partial charge in [-0.1, -0.05) is 87.5 Å². The maximum absolute atomic E-state index is 8.21. The minimum Gasteiger partial charge on any atom is -0.437 e. The van der Waals surface area contributed by atoms with E-state index in [1.165, 1.54) is 23.8 Å². The van der Waals surface area contributed by atoms with E-state index in [0.29, 0.717) is 17.0 Å². The molecule has 0 fully saturated rings. The van der Waals surface area contributed by atoms with Crippen molar-refractivity contribution in [2.45, 2.75) is 39.9 Å². The van der Waals surface area contributed by atoms with Crippen LogP contribution in [0.25, 0.3) is 78.1 Å². The van der Waals surface area contributed by atoms with E-state index >= 15 is 0 Å². The average molecular weight is 643 g/mol. The fourth-order valence-electron chi connectivity index (χ4n) is 7.00. The van der Waals surface area contributed by atoms with Crippen molar-refractivity contribution in [3.63, 3.8) is 0 Å². The Morgan fingerprint density at radius 3 is 2.31 bits per heavy atom. The summed E-state index contributed by atoms with van der Waals surface area (Å²) in [5.41, 5.74) is 9.48. The number of nitrogens with zero attached hydrogens (tertiary/aromatic N) is 4. The van der Waals surface area contributed by atoms with Gasteiger partial charge in [0.2, 0.25) is 5.71 Å². The molecule has 5 aromatic carbocycles. The second-order valence-electron chi connectivity index (χ2n) is 13.6. The van der Waals surface area contributed by atoms with E-state index in [9.17, 15) is 0 Å². The van der Waals surface area contributed by atoms with Gasteiger partial charge in [0.25, 0.3) is 0 Å². The fraction of sp³-hybridized carbons (Fsp3) is 0.136. The Kier molecular flexibility index (Phi) is 5.15. The summed E-state index contributed by atoms with van der Waals surface area (Å²) in [5.74, 6) is 0.773. The van der Waals surface area contributed by atoms with Crippen LogP contribution in [0.15, 0.2) is 132 Å². The van der Waals surface area contributed by atoms with E-state index in [0.717, 1.165) is 55.5 Å². The number of imidazole rings is 1. The van der Waals surface area contributed by atoms with Crippen molar-refractivity contribution >= 4 is 38.6 Å². The van der Waals surface area contributed by atoms with Gasteiger partial charge in [-0.3, -0.25) is 9.38 Å². The number of para-hydroxylation sites is 1. The molecule has 4 aromatic heterocycles. The van der Waals surface area contributed by atoms with Crippen LogP contribution in [0.1, 0.15) is 45.7 Å². The molecule has 238 valence electrons. The highest BCUT2D eigenvalue weighted by atomic mass is 16.3. The molecule has 0 bridgehead atoms. The molecule has 9 aromatic rings. The topological polar surface area (TPSA) is 48.3 Å². The van der Waals surface area contributed by atoms with Gasteiger partial charge in [-0.2, -0.15) is 0 Å². The molecule has 5 nitrogen and oxygen atoms in total. The van der Waals surface area contributed by atoms with Crippen LogP contribution in [0.3, 0.4) is 0 Å². The van der Waals surface area contributed by atoms with Gasteiger partial charge in [-0.25, -0.2) is 4.98 Å². The predicted molar refractivity (Wildman–Crippen MR) is 202 cm³/mol. The van der Waals surface area contributed by atoms with Crippen molar-refractivity contribution in [3.8, 4) is 39.5 Å². The van der Waals surface area contributed by atoms with Gasteiger partial charge >= 0.3 is 0 Å². The molecular weight excluding hydrogens is 601 g/mol. The maximum Gasteiger partial charge on any atom is 0.225 e. The van der Waals surface area contributed by atoms with Gasteiger partial charge in [-0.15, -0.1) is 0 Å². The van der Waals surface area contributed by atoms with Crippen LogP contribution in [-0.2, 0) is 5.41 Å². The second kappa shape index (κ2) is 10.8. The van der Waals surface area contributed by atoms with Crippen molar-refractivity contribution in [3.05, 3.63) is 144 Å². The number of hydrogen-bond acceptors (Lipinski definition) is 3.